The maximum absolute atomic E-state index is 11.1. The van der Waals surface area contributed by atoms with Crippen LogP contribution >= 0.6 is 11.9 Å². The normalized spacial score (nSPS) is 10.7. The van der Waals surface area contributed by atoms with Gasteiger partial charge in [0.1, 0.15) is 23.7 Å². The van der Waals surface area contributed by atoms with E-state index in [4.69, 9.17) is 9.84 Å². The lowest BCUT2D eigenvalue weighted by atomic mass is 10.0. The summed E-state index contributed by atoms with van der Waals surface area (Å²) in [4.78, 5) is 11.1. The molecule has 3 aromatic rings. The molecule has 5 nitrogen and oxygen atoms in total. The molecule has 150 valence electrons. The number of aromatic hydroxyl groups is 1. The van der Waals surface area contributed by atoms with Gasteiger partial charge in [-0.2, -0.15) is 0 Å². The zero-order chi connectivity index (χ0) is 20.8. The van der Waals surface area contributed by atoms with Crippen molar-refractivity contribution in [1.82, 2.24) is 0 Å². The molecule has 0 aliphatic rings. The summed E-state index contributed by atoms with van der Waals surface area (Å²) in [6, 6.07) is 20.4. The number of carboxylic acid groups (broad SMARTS) is 1. The molecule has 6 heteroatoms. The number of nitrogens with one attached hydrogen (secondary N) is 1. The summed E-state index contributed by atoms with van der Waals surface area (Å²) in [5.74, 6) is -1.09. The first-order valence-corrected chi connectivity index (χ1v) is 10.1. The van der Waals surface area contributed by atoms with E-state index in [0.29, 0.717) is 17.6 Å². The fraction of sp³-hybridized carbons (Fsp3) is 0.174. The Kier molecular flexibility index (Phi) is 6.67. The van der Waals surface area contributed by atoms with Crippen molar-refractivity contribution in [3.63, 3.8) is 0 Å². The molecule has 0 unspecified atom stereocenters. The van der Waals surface area contributed by atoms with Crippen LogP contribution in [0.25, 0.3) is 11.1 Å². The molecular weight excluding hydrogens is 386 g/mol. The van der Waals surface area contributed by atoms with E-state index in [1.165, 1.54) is 12.1 Å². The van der Waals surface area contributed by atoms with Gasteiger partial charge in [-0.15, -0.1) is 0 Å². The van der Waals surface area contributed by atoms with Crippen LogP contribution in [0.2, 0.25) is 0 Å². The summed E-state index contributed by atoms with van der Waals surface area (Å²) in [7, 11) is 0. The van der Waals surface area contributed by atoms with Crippen molar-refractivity contribution in [2.24, 2.45) is 0 Å². The third kappa shape index (κ3) is 5.68. The van der Waals surface area contributed by atoms with Crippen LogP contribution in [-0.4, -0.2) is 21.4 Å². The highest BCUT2D eigenvalue weighted by Crippen LogP contribution is 2.27. The third-order valence-electron chi connectivity index (χ3n) is 4.14. The van der Waals surface area contributed by atoms with Crippen LogP contribution in [0.4, 0.5) is 5.69 Å². The Bertz CT molecular complexity index is 1000. The van der Waals surface area contributed by atoms with Gasteiger partial charge in [0.15, 0.2) is 0 Å². The van der Waals surface area contributed by atoms with Crippen molar-refractivity contribution in [3.05, 3.63) is 77.9 Å². The van der Waals surface area contributed by atoms with Gasteiger partial charge in [0.25, 0.3) is 0 Å². The van der Waals surface area contributed by atoms with Crippen molar-refractivity contribution in [2.45, 2.75) is 25.7 Å². The summed E-state index contributed by atoms with van der Waals surface area (Å²) in [6.45, 7) is 4.57. The first kappa shape index (κ1) is 20.6. The maximum atomic E-state index is 11.1. The largest absolute Gasteiger partial charge is 0.507 e. The number of hydrogen-bond donors (Lipinski definition) is 3. The van der Waals surface area contributed by atoms with Crippen molar-refractivity contribution in [2.75, 3.05) is 4.72 Å². The van der Waals surface area contributed by atoms with Gasteiger partial charge in [-0.05, 0) is 65.0 Å². The van der Waals surface area contributed by atoms with E-state index in [-0.39, 0.29) is 11.3 Å². The zero-order valence-corrected chi connectivity index (χ0v) is 17.1. The predicted molar refractivity (Wildman–Crippen MR) is 118 cm³/mol. The minimum atomic E-state index is -1.20. The highest BCUT2D eigenvalue weighted by Gasteiger charge is 2.11. The first-order valence-electron chi connectivity index (χ1n) is 9.22. The molecule has 29 heavy (non-hydrogen) atoms. The average molecular weight is 410 g/mol. The van der Waals surface area contributed by atoms with Crippen molar-refractivity contribution in [1.29, 1.82) is 0 Å². The number of carboxylic acids is 1. The first-order chi connectivity index (χ1) is 13.9. The molecule has 0 fully saturated rings. The highest BCUT2D eigenvalue weighted by molar-refractivity contribution is 8.01. The molecular formula is C23H23NO4S. The summed E-state index contributed by atoms with van der Waals surface area (Å²) in [6.07, 6.45) is 0. The Labute approximate surface area is 174 Å². The molecule has 0 aromatic heterocycles. The molecule has 0 spiro atoms. The fourth-order valence-electron chi connectivity index (χ4n) is 2.73. The molecule has 0 aliphatic carbocycles. The van der Waals surface area contributed by atoms with Crippen molar-refractivity contribution >= 4 is 23.6 Å². The Morgan fingerprint density at radius 2 is 1.76 bits per heavy atom. The third-order valence-corrected chi connectivity index (χ3v) is 4.96. The Morgan fingerprint density at radius 3 is 2.48 bits per heavy atom. The second kappa shape index (κ2) is 9.39. The predicted octanol–water partition coefficient (Wildman–Crippen LogP) is 5.80. The topological polar surface area (TPSA) is 78.8 Å². The van der Waals surface area contributed by atoms with Gasteiger partial charge >= 0.3 is 5.97 Å². The minimum absolute atomic E-state index is 0.181. The standard InChI is InChI=1S/C23H23NO4S/c1-15(2)29-24-19-8-4-7-18(12-19)17-6-3-5-16(11-17)14-28-20-9-10-22(25)21(13-20)23(26)27/h3-13,15,24-25H,14H2,1-2H3,(H,26,27). The van der Waals surface area contributed by atoms with Crippen LogP contribution in [0, 0.1) is 0 Å². The molecule has 0 bridgehead atoms. The molecule has 0 amide bonds. The number of phenols is 1. The molecule has 0 saturated heterocycles. The maximum Gasteiger partial charge on any atom is 0.339 e. The van der Waals surface area contributed by atoms with Gasteiger partial charge in [-0.1, -0.05) is 44.2 Å². The second-order valence-electron chi connectivity index (χ2n) is 6.82. The van der Waals surface area contributed by atoms with Crippen LogP contribution in [0.15, 0.2) is 66.7 Å². The second-order valence-corrected chi connectivity index (χ2v) is 8.21. The fourth-order valence-corrected chi connectivity index (χ4v) is 3.23. The number of hydrogen-bond acceptors (Lipinski definition) is 5. The quantitative estimate of drug-likeness (QED) is 0.408. The number of rotatable bonds is 8. The summed E-state index contributed by atoms with van der Waals surface area (Å²) in [5.41, 5.74) is 4.00. The van der Waals surface area contributed by atoms with Gasteiger partial charge in [-0.25, -0.2) is 4.79 Å². The molecule has 3 rings (SSSR count). The van der Waals surface area contributed by atoms with Crippen LogP contribution in [0.3, 0.4) is 0 Å². The van der Waals surface area contributed by atoms with Crippen LogP contribution in [0.5, 0.6) is 11.5 Å². The zero-order valence-electron chi connectivity index (χ0n) is 16.3. The smallest absolute Gasteiger partial charge is 0.339 e. The molecule has 0 atom stereocenters. The van der Waals surface area contributed by atoms with E-state index in [2.05, 4.69) is 30.7 Å². The van der Waals surface area contributed by atoms with Crippen LogP contribution in [-0.2, 0) is 6.61 Å². The molecule has 3 aromatic carbocycles. The van der Waals surface area contributed by atoms with Gasteiger partial charge in [-0.3, -0.25) is 0 Å². The van der Waals surface area contributed by atoms with E-state index >= 15 is 0 Å². The lowest BCUT2D eigenvalue weighted by Crippen LogP contribution is -2.00. The SMILES string of the molecule is CC(C)SNc1cccc(-c2cccc(COc3ccc(O)c(C(=O)O)c3)c2)c1. The Hall–Kier alpha value is -3.12. The summed E-state index contributed by atoms with van der Waals surface area (Å²) < 4.78 is 9.09. The Morgan fingerprint density at radius 1 is 1.03 bits per heavy atom. The van der Waals surface area contributed by atoms with E-state index in [1.54, 1.807) is 18.0 Å². The lowest BCUT2D eigenvalue weighted by Gasteiger charge is -2.11. The molecule has 0 heterocycles. The monoisotopic (exact) mass is 409 g/mol. The number of carbonyl (C=O) groups is 1. The van der Waals surface area contributed by atoms with E-state index < -0.39 is 5.97 Å². The van der Waals surface area contributed by atoms with Gasteiger partial charge < -0.3 is 19.7 Å². The van der Waals surface area contributed by atoms with Crippen molar-refractivity contribution in [3.8, 4) is 22.6 Å². The number of benzene rings is 3. The van der Waals surface area contributed by atoms with Gasteiger partial charge in [0.2, 0.25) is 0 Å². The van der Waals surface area contributed by atoms with Crippen LogP contribution < -0.4 is 9.46 Å². The number of ether oxygens (including phenoxy) is 1. The van der Waals surface area contributed by atoms with E-state index in [9.17, 15) is 9.90 Å². The molecule has 3 N–H and O–H groups in total. The minimum Gasteiger partial charge on any atom is -0.507 e. The van der Waals surface area contributed by atoms with E-state index in [1.807, 2.05) is 36.4 Å². The highest BCUT2D eigenvalue weighted by atomic mass is 32.2. The molecule has 0 radical (unpaired) electrons. The summed E-state index contributed by atoms with van der Waals surface area (Å²) in [5, 5.41) is 19.2. The van der Waals surface area contributed by atoms with Crippen LogP contribution in [0.1, 0.15) is 29.8 Å². The molecule has 0 aliphatic heterocycles. The van der Waals surface area contributed by atoms with Gasteiger partial charge in [0, 0.05) is 10.9 Å². The number of anilines is 1. The Balaban J connectivity index is 1.73. The van der Waals surface area contributed by atoms with Gasteiger partial charge in [0.05, 0.1) is 0 Å². The lowest BCUT2D eigenvalue weighted by molar-refractivity contribution is 0.0693. The number of aromatic carboxylic acids is 1. The average Bonchev–Trinajstić information content (AvgIpc) is 2.72. The van der Waals surface area contributed by atoms with Crippen molar-refractivity contribution < 1.29 is 19.7 Å². The summed E-state index contributed by atoms with van der Waals surface area (Å²) >= 11 is 1.67. The molecule has 0 saturated carbocycles. The van der Waals surface area contributed by atoms with E-state index in [0.717, 1.165) is 22.4 Å².